The van der Waals surface area contributed by atoms with Crippen molar-refractivity contribution >= 4 is 0 Å². The highest BCUT2D eigenvalue weighted by Crippen LogP contribution is 2.32. The van der Waals surface area contributed by atoms with Crippen molar-refractivity contribution in [3.8, 4) is 0 Å². The molecule has 0 saturated carbocycles. The van der Waals surface area contributed by atoms with Gasteiger partial charge in [-0.05, 0) is 23.6 Å². The third kappa shape index (κ3) is 3.05. The highest BCUT2D eigenvalue weighted by molar-refractivity contribution is 5.26. The molecule has 0 amide bonds. The van der Waals surface area contributed by atoms with Crippen LogP contribution in [0, 0.1) is 5.41 Å². The largest absolute Gasteiger partial charge is 0.326 e. The Bertz CT molecular complexity index is 295. The highest BCUT2D eigenvalue weighted by atomic mass is 14.9. The number of rotatable bonds is 3. The molecule has 3 N–H and O–H groups in total. The molecule has 84 valence electrons. The van der Waals surface area contributed by atoms with Crippen molar-refractivity contribution in [3.63, 3.8) is 0 Å². The summed E-state index contributed by atoms with van der Waals surface area (Å²) in [6, 6.07) is 8.91. The summed E-state index contributed by atoms with van der Waals surface area (Å²) in [5.41, 5.74) is 8.30. The van der Waals surface area contributed by atoms with Gasteiger partial charge in [0.25, 0.3) is 0 Å². The summed E-state index contributed by atoms with van der Waals surface area (Å²) in [6.45, 7) is 7.33. The summed E-state index contributed by atoms with van der Waals surface area (Å²) in [4.78, 5) is 0. The number of nitrogens with two attached hydrogens (primary N) is 1. The molecule has 0 bridgehead atoms. The monoisotopic (exact) mass is 206 g/mol. The first kappa shape index (κ1) is 12.2. The molecule has 2 heteroatoms. The number of hydrogen-bond acceptors (Lipinski definition) is 2. The van der Waals surface area contributed by atoms with E-state index in [2.05, 4.69) is 50.4 Å². The molecule has 0 aliphatic carbocycles. The van der Waals surface area contributed by atoms with Crippen molar-refractivity contribution in [1.82, 2.24) is 5.32 Å². The van der Waals surface area contributed by atoms with Crippen LogP contribution in [0.3, 0.4) is 0 Å². The first-order valence-corrected chi connectivity index (χ1v) is 5.45. The molecule has 1 unspecified atom stereocenters. The van der Waals surface area contributed by atoms with Crippen LogP contribution in [0.4, 0.5) is 0 Å². The summed E-state index contributed by atoms with van der Waals surface area (Å²) >= 11 is 0. The van der Waals surface area contributed by atoms with Crippen LogP contribution in [-0.2, 0) is 6.54 Å². The number of hydrogen-bond donors (Lipinski definition) is 2. The van der Waals surface area contributed by atoms with E-state index in [0.717, 1.165) is 0 Å². The molecule has 0 aliphatic heterocycles. The molecule has 1 rings (SSSR count). The van der Waals surface area contributed by atoms with Crippen LogP contribution in [0.5, 0.6) is 0 Å². The van der Waals surface area contributed by atoms with Crippen LogP contribution in [-0.4, -0.2) is 7.05 Å². The molecule has 0 spiro atoms. The van der Waals surface area contributed by atoms with E-state index in [9.17, 15) is 0 Å². The second-order valence-electron chi connectivity index (χ2n) is 5.03. The third-order valence-electron chi connectivity index (χ3n) is 2.70. The Hall–Kier alpha value is -0.860. The summed E-state index contributed by atoms with van der Waals surface area (Å²) in [5, 5.41) is 3.36. The van der Waals surface area contributed by atoms with Crippen LogP contribution < -0.4 is 11.1 Å². The SMILES string of the molecule is CNC(c1ccc(CN)cc1)C(C)(C)C. The molecule has 0 saturated heterocycles. The molecule has 0 fully saturated rings. The smallest absolute Gasteiger partial charge is 0.0366 e. The molecule has 0 radical (unpaired) electrons. The van der Waals surface area contributed by atoms with E-state index in [1.165, 1.54) is 11.1 Å². The van der Waals surface area contributed by atoms with Crippen molar-refractivity contribution < 1.29 is 0 Å². The first-order valence-electron chi connectivity index (χ1n) is 5.45. The predicted molar refractivity (Wildman–Crippen MR) is 65.6 cm³/mol. The Morgan fingerprint density at radius 1 is 1.20 bits per heavy atom. The summed E-state index contributed by atoms with van der Waals surface area (Å²) in [6.07, 6.45) is 0. The molecule has 0 heterocycles. The second-order valence-corrected chi connectivity index (χ2v) is 5.03. The van der Waals surface area contributed by atoms with Gasteiger partial charge in [-0.3, -0.25) is 0 Å². The zero-order valence-corrected chi connectivity index (χ0v) is 10.2. The summed E-state index contributed by atoms with van der Waals surface area (Å²) in [7, 11) is 2.01. The van der Waals surface area contributed by atoms with Gasteiger partial charge in [-0.2, -0.15) is 0 Å². The van der Waals surface area contributed by atoms with Gasteiger partial charge in [0.2, 0.25) is 0 Å². The summed E-state index contributed by atoms with van der Waals surface area (Å²) < 4.78 is 0. The van der Waals surface area contributed by atoms with Crippen molar-refractivity contribution in [3.05, 3.63) is 35.4 Å². The lowest BCUT2D eigenvalue weighted by Gasteiger charge is -2.30. The second kappa shape index (κ2) is 4.77. The van der Waals surface area contributed by atoms with Crippen LogP contribution >= 0.6 is 0 Å². The fourth-order valence-electron chi connectivity index (χ4n) is 1.95. The minimum Gasteiger partial charge on any atom is -0.326 e. The molecule has 0 aliphatic rings. The quantitative estimate of drug-likeness (QED) is 0.797. The maximum atomic E-state index is 5.58. The van der Waals surface area contributed by atoms with Gasteiger partial charge in [-0.15, -0.1) is 0 Å². The number of nitrogens with one attached hydrogen (secondary N) is 1. The lowest BCUT2D eigenvalue weighted by atomic mass is 9.82. The van der Waals surface area contributed by atoms with Crippen LogP contribution in [0.15, 0.2) is 24.3 Å². The third-order valence-corrected chi connectivity index (χ3v) is 2.70. The highest BCUT2D eigenvalue weighted by Gasteiger charge is 2.24. The average molecular weight is 206 g/mol. The van der Waals surface area contributed by atoms with Crippen LogP contribution in [0.2, 0.25) is 0 Å². The summed E-state index contributed by atoms with van der Waals surface area (Å²) in [5.74, 6) is 0. The molecule has 1 aromatic carbocycles. The molecule has 0 aromatic heterocycles. The molecule has 1 aromatic rings. The molecular formula is C13H22N2. The maximum absolute atomic E-state index is 5.58. The fourth-order valence-corrected chi connectivity index (χ4v) is 1.95. The molecule has 1 atom stereocenters. The van der Waals surface area contributed by atoms with Gasteiger partial charge in [0, 0.05) is 12.6 Å². The fraction of sp³-hybridized carbons (Fsp3) is 0.538. The number of benzene rings is 1. The Labute approximate surface area is 92.9 Å². The average Bonchev–Trinajstić information content (AvgIpc) is 2.18. The Morgan fingerprint density at radius 2 is 1.73 bits per heavy atom. The molecular weight excluding hydrogens is 184 g/mol. The minimum absolute atomic E-state index is 0.221. The van der Waals surface area contributed by atoms with Gasteiger partial charge in [-0.25, -0.2) is 0 Å². The zero-order chi connectivity index (χ0) is 11.5. The van der Waals surface area contributed by atoms with E-state index in [0.29, 0.717) is 12.6 Å². The lowest BCUT2D eigenvalue weighted by Crippen LogP contribution is -2.29. The van der Waals surface area contributed by atoms with E-state index in [-0.39, 0.29) is 5.41 Å². The Balaban J connectivity index is 2.93. The standard InChI is InChI=1S/C13H22N2/c1-13(2,3)12(15-4)11-7-5-10(9-14)6-8-11/h5-8,12,15H,9,14H2,1-4H3. The molecule has 2 nitrogen and oxygen atoms in total. The normalized spacial score (nSPS) is 13.9. The van der Waals surface area contributed by atoms with Gasteiger partial charge >= 0.3 is 0 Å². The van der Waals surface area contributed by atoms with Crippen LogP contribution in [0.25, 0.3) is 0 Å². The van der Waals surface area contributed by atoms with Crippen molar-refractivity contribution in [2.45, 2.75) is 33.4 Å². The van der Waals surface area contributed by atoms with Crippen molar-refractivity contribution in [2.24, 2.45) is 11.1 Å². The minimum atomic E-state index is 0.221. The van der Waals surface area contributed by atoms with Gasteiger partial charge < -0.3 is 11.1 Å². The van der Waals surface area contributed by atoms with Gasteiger partial charge in [0.15, 0.2) is 0 Å². The topological polar surface area (TPSA) is 38.0 Å². The van der Waals surface area contributed by atoms with Gasteiger partial charge in [-0.1, -0.05) is 45.0 Å². The maximum Gasteiger partial charge on any atom is 0.0366 e. The Morgan fingerprint density at radius 3 is 2.07 bits per heavy atom. The molecule has 15 heavy (non-hydrogen) atoms. The first-order chi connectivity index (χ1) is 6.99. The van der Waals surface area contributed by atoms with Gasteiger partial charge in [0.1, 0.15) is 0 Å². The van der Waals surface area contributed by atoms with Crippen LogP contribution in [0.1, 0.15) is 37.9 Å². The zero-order valence-electron chi connectivity index (χ0n) is 10.2. The van der Waals surface area contributed by atoms with E-state index >= 15 is 0 Å². The lowest BCUT2D eigenvalue weighted by molar-refractivity contribution is 0.287. The van der Waals surface area contributed by atoms with Crippen molar-refractivity contribution in [1.29, 1.82) is 0 Å². The van der Waals surface area contributed by atoms with Crippen molar-refractivity contribution in [2.75, 3.05) is 7.05 Å². The predicted octanol–water partition coefficient (Wildman–Crippen LogP) is 2.45. The Kier molecular flexibility index (Phi) is 3.89. The van der Waals surface area contributed by atoms with E-state index in [1.807, 2.05) is 7.05 Å². The van der Waals surface area contributed by atoms with E-state index in [4.69, 9.17) is 5.73 Å². The van der Waals surface area contributed by atoms with E-state index in [1.54, 1.807) is 0 Å². The van der Waals surface area contributed by atoms with Gasteiger partial charge in [0.05, 0.1) is 0 Å². The van der Waals surface area contributed by atoms with E-state index < -0.39 is 0 Å².